The molecule has 0 fully saturated rings. The quantitative estimate of drug-likeness (QED) is 0.491. The van der Waals surface area contributed by atoms with Crippen molar-refractivity contribution in [2.45, 2.75) is 13.3 Å². The van der Waals surface area contributed by atoms with Crippen molar-refractivity contribution >= 4 is 34.8 Å². The smallest absolute Gasteiger partial charge is 0.270 e. The zero-order valence-corrected chi connectivity index (χ0v) is 17.2. The van der Waals surface area contributed by atoms with E-state index in [2.05, 4.69) is 15.4 Å². The van der Waals surface area contributed by atoms with Crippen LogP contribution >= 0.6 is 23.2 Å². The predicted molar refractivity (Wildman–Crippen MR) is 116 cm³/mol. The molecule has 5 nitrogen and oxygen atoms in total. The number of halogens is 2. The second kappa shape index (κ2) is 8.23. The van der Waals surface area contributed by atoms with Crippen LogP contribution in [-0.2, 0) is 6.42 Å². The molecule has 4 aromatic rings. The van der Waals surface area contributed by atoms with E-state index in [-0.39, 0.29) is 5.91 Å². The molecule has 0 spiro atoms. The molecule has 2 aromatic heterocycles. The number of aromatic nitrogens is 3. The first-order chi connectivity index (χ1) is 14.0. The fourth-order valence-corrected chi connectivity index (χ4v) is 3.64. The van der Waals surface area contributed by atoms with Gasteiger partial charge in [-0.25, -0.2) is 9.50 Å². The Kier molecular flexibility index (Phi) is 5.51. The Balaban J connectivity index is 1.56. The second-order valence-electron chi connectivity index (χ2n) is 6.69. The average molecular weight is 425 g/mol. The summed E-state index contributed by atoms with van der Waals surface area (Å²) in [5.74, 6) is -0.215. The highest BCUT2D eigenvalue weighted by molar-refractivity contribution is 6.35. The molecule has 0 aliphatic carbocycles. The molecular formula is C22H18Cl2N4O. The van der Waals surface area contributed by atoms with E-state index in [1.54, 1.807) is 22.7 Å². The lowest BCUT2D eigenvalue weighted by atomic mass is 10.1. The molecule has 2 heterocycles. The second-order valence-corrected chi connectivity index (χ2v) is 7.53. The van der Waals surface area contributed by atoms with Crippen molar-refractivity contribution in [3.63, 3.8) is 0 Å². The Bertz CT molecular complexity index is 1190. The Morgan fingerprint density at radius 2 is 1.86 bits per heavy atom. The van der Waals surface area contributed by atoms with Crippen molar-refractivity contribution in [3.05, 3.63) is 87.7 Å². The minimum Gasteiger partial charge on any atom is -0.350 e. The monoisotopic (exact) mass is 424 g/mol. The summed E-state index contributed by atoms with van der Waals surface area (Å²) in [6, 6.07) is 18.8. The topological polar surface area (TPSA) is 59.3 Å². The third-order valence-electron chi connectivity index (χ3n) is 4.55. The first-order valence-electron chi connectivity index (χ1n) is 9.16. The van der Waals surface area contributed by atoms with E-state index in [0.717, 1.165) is 22.5 Å². The van der Waals surface area contributed by atoms with Gasteiger partial charge in [0.15, 0.2) is 5.65 Å². The van der Waals surface area contributed by atoms with E-state index >= 15 is 0 Å². The molecule has 29 heavy (non-hydrogen) atoms. The molecule has 2 aromatic carbocycles. The van der Waals surface area contributed by atoms with Crippen LogP contribution in [0.3, 0.4) is 0 Å². The molecule has 4 rings (SSSR count). The van der Waals surface area contributed by atoms with Gasteiger partial charge in [-0.05, 0) is 37.1 Å². The molecule has 7 heteroatoms. The third kappa shape index (κ3) is 4.26. The van der Waals surface area contributed by atoms with Crippen LogP contribution in [0.25, 0.3) is 16.9 Å². The van der Waals surface area contributed by atoms with Crippen molar-refractivity contribution in [1.82, 2.24) is 19.9 Å². The van der Waals surface area contributed by atoms with Gasteiger partial charge >= 0.3 is 0 Å². The largest absolute Gasteiger partial charge is 0.350 e. The van der Waals surface area contributed by atoms with Crippen molar-refractivity contribution in [3.8, 4) is 11.3 Å². The Morgan fingerprint density at radius 1 is 1.07 bits per heavy atom. The van der Waals surface area contributed by atoms with Crippen LogP contribution in [0, 0.1) is 6.92 Å². The lowest BCUT2D eigenvalue weighted by molar-refractivity contribution is 0.0946. The maximum absolute atomic E-state index is 12.8. The first kappa shape index (κ1) is 19.4. The fourth-order valence-electron chi connectivity index (χ4n) is 3.14. The van der Waals surface area contributed by atoms with Crippen molar-refractivity contribution in [1.29, 1.82) is 0 Å². The summed E-state index contributed by atoms with van der Waals surface area (Å²) in [7, 11) is 0. The molecule has 146 valence electrons. The number of fused-ring (bicyclic) bond motifs is 1. The summed E-state index contributed by atoms with van der Waals surface area (Å²) in [5.41, 5.74) is 4.50. The van der Waals surface area contributed by atoms with E-state index in [0.29, 0.717) is 34.4 Å². The number of carbonyl (C=O) groups is 1. The summed E-state index contributed by atoms with van der Waals surface area (Å²) < 4.78 is 1.58. The number of aryl methyl sites for hydroxylation is 1. The normalized spacial score (nSPS) is 11.0. The van der Waals surface area contributed by atoms with E-state index in [9.17, 15) is 4.79 Å². The van der Waals surface area contributed by atoms with E-state index < -0.39 is 0 Å². The zero-order chi connectivity index (χ0) is 20.4. The van der Waals surface area contributed by atoms with Gasteiger partial charge in [0.05, 0.1) is 5.69 Å². The van der Waals surface area contributed by atoms with Gasteiger partial charge in [-0.15, -0.1) is 0 Å². The van der Waals surface area contributed by atoms with E-state index in [1.165, 1.54) is 0 Å². The van der Waals surface area contributed by atoms with Crippen LogP contribution in [-0.4, -0.2) is 27.0 Å². The molecule has 1 amide bonds. The van der Waals surface area contributed by atoms with Gasteiger partial charge in [0.25, 0.3) is 5.91 Å². The number of hydrogen-bond donors (Lipinski definition) is 1. The van der Waals surface area contributed by atoms with Crippen molar-refractivity contribution < 1.29 is 4.79 Å². The van der Waals surface area contributed by atoms with Gasteiger partial charge in [0.2, 0.25) is 0 Å². The van der Waals surface area contributed by atoms with Crippen LogP contribution < -0.4 is 5.32 Å². The zero-order valence-electron chi connectivity index (χ0n) is 15.7. The first-order valence-corrected chi connectivity index (χ1v) is 9.92. The molecule has 0 atom stereocenters. The minimum atomic E-state index is -0.215. The lowest BCUT2D eigenvalue weighted by Gasteiger charge is -2.09. The van der Waals surface area contributed by atoms with Crippen LogP contribution in [0.1, 0.15) is 21.7 Å². The Labute approximate surface area is 178 Å². The van der Waals surface area contributed by atoms with Crippen molar-refractivity contribution in [2.75, 3.05) is 6.54 Å². The number of hydrogen-bond acceptors (Lipinski definition) is 3. The van der Waals surface area contributed by atoms with Gasteiger partial charge in [-0.3, -0.25) is 4.79 Å². The number of amides is 1. The Hall–Kier alpha value is -2.89. The maximum atomic E-state index is 12.8. The van der Waals surface area contributed by atoms with Gasteiger partial charge in [0.1, 0.15) is 5.69 Å². The van der Waals surface area contributed by atoms with Crippen LogP contribution in [0.4, 0.5) is 0 Å². The van der Waals surface area contributed by atoms with Crippen LogP contribution in [0.15, 0.2) is 60.7 Å². The van der Waals surface area contributed by atoms with E-state index in [4.69, 9.17) is 23.2 Å². The molecular weight excluding hydrogens is 407 g/mol. The number of nitrogens with one attached hydrogen (secondary N) is 1. The molecule has 0 saturated heterocycles. The number of benzene rings is 2. The molecule has 0 aliphatic rings. The predicted octanol–water partition coefficient (Wildman–Crippen LogP) is 4.98. The molecule has 0 unspecified atom stereocenters. The summed E-state index contributed by atoms with van der Waals surface area (Å²) in [6.45, 7) is 2.30. The highest BCUT2D eigenvalue weighted by Crippen LogP contribution is 2.22. The molecule has 0 bridgehead atoms. The summed E-state index contributed by atoms with van der Waals surface area (Å²) >= 11 is 12.1. The average Bonchev–Trinajstić information content (AvgIpc) is 3.13. The maximum Gasteiger partial charge on any atom is 0.270 e. The van der Waals surface area contributed by atoms with Gasteiger partial charge in [-0.2, -0.15) is 5.10 Å². The molecule has 0 radical (unpaired) electrons. The van der Waals surface area contributed by atoms with Crippen LogP contribution in [0.5, 0.6) is 0 Å². The molecule has 0 saturated carbocycles. The fraction of sp³-hybridized carbons (Fsp3) is 0.136. The standard InChI is InChI=1S/C22H18Cl2N4O/c1-14-11-20(22(29)25-10-9-15-7-8-17(23)12-18(15)24)28-21(26-14)13-19(27-28)16-5-3-2-4-6-16/h2-8,11-13H,9-10H2,1H3,(H,25,29). The number of nitrogens with zero attached hydrogens (tertiary/aromatic N) is 3. The highest BCUT2D eigenvalue weighted by atomic mass is 35.5. The molecule has 1 N–H and O–H groups in total. The minimum absolute atomic E-state index is 0.215. The number of rotatable bonds is 5. The van der Waals surface area contributed by atoms with E-state index in [1.807, 2.05) is 49.4 Å². The van der Waals surface area contributed by atoms with Gasteiger partial charge in [-0.1, -0.05) is 59.6 Å². The summed E-state index contributed by atoms with van der Waals surface area (Å²) in [6.07, 6.45) is 0.601. The van der Waals surface area contributed by atoms with Gasteiger partial charge in [0, 0.05) is 33.9 Å². The summed E-state index contributed by atoms with van der Waals surface area (Å²) in [4.78, 5) is 17.3. The van der Waals surface area contributed by atoms with Crippen molar-refractivity contribution in [2.24, 2.45) is 0 Å². The van der Waals surface area contributed by atoms with Gasteiger partial charge < -0.3 is 5.32 Å². The SMILES string of the molecule is Cc1cc(C(=O)NCCc2ccc(Cl)cc2Cl)n2nc(-c3ccccc3)cc2n1. The lowest BCUT2D eigenvalue weighted by Crippen LogP contribution is -2.28. The Morgan fingerprint density at radius 3 is 2.62 bits per heavy atom. The number of carbonyl (C=O) groups excluding carboxylic acids is 1. The third-order valence-corrected chi connectivity index (χ3v) is 5.14. The molecule has 0 aliphatic heterocycles. The highest BCUT2D eigenvalue weighted by Gasteiger charge is 2.15. The van der Waals surface area contributed by atoms with Crippen LogP contribution in [0.2, 0.25) is 10.0 Å². The summed E-state index contributed by atoms with van der Waals surface area (Å²) in [5, 5.41) is 8.71.